The summed E-state index contributed by atoms with van der Waals surface area (Å²) in [7, 11) is -0.950. The molecule has 0 N–H and O–H groups in total. The van der Waals surface area contributed by atoms with Gasteiger partial charge in [-0.2, -0.15) is 0 Å². The summed E-state index contributed by atoms with van der Waals surface area (Å²) in [5, 5.41) is 0. The first-order valence-corrected chi connectivity index (χ1v) is 7.17. The summed E-state index contributed by atoms with van der Waals surface area (Å²) in [5.41, 5.74) is -1.07. The highest BCUT2D eigenvalue weighted by Crippen LogP contribution is 2.50. The zero-order valence-electron chi connectivity index (χ0n) is 12.8. The molecule has 0 amide bonds. The Bertz CT molecular complexity index is 477. The van der Waals surface area contributed by atoms with Crippen molar-refractivity contribution in [2.24, 2.45) is 5.41 Å². The number of ether oxygens (including phenoxy) is 2. The van der Waals surface area contributed by atoms with E-state index in [1.807, 2.05) is 27.7 Å². The van der Waals surface area contributed by atoms with Crippen molar-refractivity contribution < 1.29 is 28.0 Å². The molecule has 3 aliphatic rings. The molecule has 2 aliphatic heterocycles. The van der Waals surface area contributed by atoms with Gasteiger partial charge in [-0.1, -0.05) is 0 Å². The molecule has 3 rings (SSSR count). The fourth-order valence-electron chi connectivity index (χ4n) is 2.85. The van der Waals surface area contributed by atoms with Crippen LogP contribution in [0.25, 0.3) is 0 Å². The van der Waals surface area contributed by atoms with Gasteiger partial charge in [-0.15, -0.1) is 0 Å². The Balaban J connectivity index is 1.68. The summed E-state index contributed by atoms with van der Waals surface area (Å²) in [6, 6.07) is 0. The van der Waals surface area contributed by atoms with E-state index in [2.05, 4.69) is 0 Å². The molecular formula is C14H20BFO5. The maximum atomic E-state index is 14.5. The third-order valence-electron chi connectivity index (χ3n) is 4.97. The molecule has 1 spiro atoms. The smallest absolute Gasteiger partial charge is 0.434 e. The summed E-state index contributed by atoms with van der Waals surface area (Å²) in [6.45, 7) is 8.13. The van der Waals surface area contributed by atoms with Gasteiger partial charge in [0.15, 0.2) is 0 Å². The summed E-state index contributed by atoms with van der Waals surface area (Å²) in [4.78, 5) is 10.9. The van der Waals surface area contributed by atoms with Crippen LogP contribution in [0, 0.1) is 5.41 Å². The molecule has 3 fully saturated rings. The van der Waals surface area contributed by atoms with Crippen LogP contribution in [-0.4, -0.2) is 37.7 Å². The first-order valence-electron chi connectivity index (χ1n) is 7.17. The van der Waals surface area contributed by atoms with Crippen LogP contribution >= 0.6 is 0 Å². The van der Waals surface area contributed by atoms with Crippen molar-refractivity contribution in [1.29, 1.82) is 0 Å². The lowest BCUT2D eigenvalue weighted by molar-refractivity contribution is -0.0769. The van der Waals surface area contributed by atoms with Gasteiger partial charge in [-0.05, 0) is 46.1 Å². The summed E-state index contributed by atoms with van der Waals surface area (Å²) >= 11 is 0. The van der Waals surface area contributed by atoms with Crippen molar-refractivity contribution in [2.75, 3.05) is 13.2 Å². The lowest BCUT2D eigenvalue weighted by Gasteiger charge is -2.44. The lowest BCUT2D eigenvalue weighted by Crippen LogP contribution is -2.46. The Kier molecular flexibility index (Phi) is 3.15. The van der Waals surface area contributed by atoms with Crippen LogP contribution in [0.5, 0.6) is 0 Å². The van der Waals surface area contributed by atoms with E-state index in [1.54, 1.807) is 0 Å². The van der Waals surface area contributed by atoms with E-state index in [0.717, 1.165) is 0 Å². The van der Waals surface area contributed by atoms with Crippen molar-refractivity contribution in [2.45, 2.75) is 51.7 Å². The maximum Gasteiger partial charge on any atom is 0.525 e. The number of carbonyl (C=O) groups is 1. The summed E-state index contributed by atoms with van der Waals surface area (Å²) in [6.07, 6.45) is 0.372. The maximum absolute atomic E-state index is 14.5. The third-order valence-corrected chi connectivity index (χ3v) is 4.97. The first-order chi connectivity index (χ1) is 9.64. The molecule has 2 heterocycles. The molecule has 116 valence electrons. The number of hydrogen-bond donors (Lipinski definition) is 0. The van der Waals surface area contributed by atoms with Gasteiger partial charge in [-0.25, -0.2) is 9.18 Å². The molecule has 7 heteroatoms. The average molecular weight is 298 g/mol. The molecule has 1 saturated carbocycles. The van der Waals surface area contributed by atoms with Gasteiger partial charge >= 0.3 is 13.3 Å². The Morgan fingerprint density at radius 3 is 2.00 bits per heavy atom. The van der Waals surface area contributed by atoms with Crippen molar-refractivity contribution in [1.82, 2.24) is 0 Å². The molecule has 0 aromatic carbocycles. The number of cyclic esters (lactones) is 2. The van der Waals surface area contributed by atoms with Crippen molar-refractivity contribution in [3.63, 3.8) is 0 Å². The normalized spacial score (nSPS) is 28.9. The first kappa shape index (κ1) is 14.8. The van der Waals surface area contributed by atoms with E-state index in [1.165, 1.54) is 0 Å². The third kappa shape index (κ3) is 2.36. The molecule has 0 radical (unpaired) electrons. The van der Waals surface area contributed by atoms with Gasteiger partial charge in [0.1, 0.15) is 18.9 Å². The molecule has 0 bridgehead atoms. The highest BCUT2D eigenvalue weighted by atomic mass is 19.1. The Labute approximate surface area is 123 Å². The summed E-state index contributed by atoms with van der Waals surface area (Å²) < 4.78 is 35.7. The van der Waals surface area contributed by atoms with Crippen LogP contribution in [0.2, 0.25) is 0 Å². The topological polar surface area (TPSA) is 54.0 Å². The molecule has 2 saturated heterocycles. The van der Waals surface area contributed by atoms with Crippen LogP contribution in [-0.2, 0) is 18.8 Å². The summed E-state index contributed by atoms with van der Waals surface area (Å²) in [5.74, 6) is 0. The second-order valence-corrected chi connectivity index (χ2v) is 7.22. The standard InChI is InChI=1S/C14H20BFO5/c1-12(2)13(3,4)21-15(20-12)10(16)9-5-14(6-9)7-18-11(17)19-8-14/h5-8H2,1-4H3. The van der Waals surface area contributed by atoms with E-state index in [0.29, 0.717) is 18.4 Å². The van der Waals surface area contributed by atoms with Gasteiger partial charge in [0.2, 0.25) is 0 Å². The number of allylic oxidation sites excluding steroid dienone is 1. The zero-order valence-corrected chi connectivity index (χ0v) is 12.8. The van der Waals surface area contributed by atoms with Crippen molar-refractivity contribution >= 4 is 13.3 Å². The van der Waals surface area contributed by atoms with Crippen LogP contribution in [0.1, 0.15) is 40.5 Å². The number of rotatable bonds is 1. The molecule has 0 atom stereocenters. The Morgan fingerprint density at radius 2 is 1.52 bits per heavy atom. The Hall–Kier alpha value is -1.08. The minimum absolute atomic E-state index is 0.274. The molecular weight excluding hydrogens is 278 g/mol. The zero-order chi connectivity index (χ0) is 15.5. The predicted molar refractivity (Wildman–Crippen MR) is 73.2 cm³/mol. The Morgan fingerprint density at radius 1 is 1.05 bits per heavy atom. The van der Waals surface area contributed by atoms with Crippen LogP contribution < -0.4 is 0 Å². The van der Waals surface area contributed by atoms with Gasteiger partial charge in [0.05, 0.1) is 11.2 Å². The van der Waals surface area contributed by atoms with E-state index in [9.17, 15) is 9.18 Å². The van der Waals surface area contributed by atoms with Gasteiger partial charge in [-0.3, -0.25) is 0 Å². The molecule has 5 nitrogen and oxygen atoms in total. The minimum Gasteiger partial charge on any atom is -0.434 e. The SMILES string of the molecule is CC1(C)OB(C(F)=C2CC3(COC(=O)OC3)C2)OC1(C)C. The van der Waals surface area contributed by atoms with Gasteiger partial charge in [0, 0.05) is 5.41 Å². The number of carbonyl (C=O) groups excluding carboxylic acids is 1. The van der Waals surface area contributed by atoms with Crippen LogP contribution in [0.3, 0.4) is 0 Å². The van der Waals surface area contributed by atoms with E-state index in [4.69, 9.17) is 18.8 Å². The quantitative estimate of drug-likeness (QED) is 0.550. The fraction of sp³-hybridized carbons (Fsp3) is 0.786. The molecule has 0 aromatic rings. The molecule has 21 heavy (non-hydrogen) atoms. The van der Waals surface area contributed by atoms with Gasteiger partial charge in [0.25, 0.3) is 0 Å². The van der Waals surface area contributed by atoms with Crippen molar-refractivity contribution in [3.05, 3.63) is 11.3 Å². The van der Waals surface area contributed by atoms with Crippen molar-refractivity contribution in [3.8, 4) is 0 Å². The van der Waals surface area contributed by atoms with E-state index < -0.39 is 24.5 Å². The number of halogens is 1. The fourth-order valence-corrected chi connectivity index (χ4v) is 2.85. The number of hydrogen-bond acceptors (Lipinski definition) is 5. The van der Waals surface area contributed by atoms with Crippen LogP contribution in [0.4, 0.5) is 9.18 Å². The lowest BCUT2D eigenvalue weighted by atomic mass is 9.63. The monoisotopic (exact) mass is 298 g/mol. The highest BCUT2D eigenvalue weighted by Gasteiger charge is 2.55. The van der Waals surface area contributed by atoms with Gasteiger partial charge < -0.3 is 18.8 Å². The van der Waals surface area contributed by atoms with E-state index >= 15 is 0 Å². The minimum atomic E-state index is -0.950. The second-order valence-electron chi connectivity index (χ2n) is 7.22. The molecule has 0 unspecified atom stereocenters. The molecule has 1 aliphatic carbocycles. The predicted octanol–water partition coefficient (Wildman–Crippen LogP) is 2.79. The second kappa shape index (κ2) is 4.46. The largest absolute Gasteiger partial charge is 0.525 e. The van der Waals surface area contributed by atoms with E-state index in [-0.39, 0.29) is 24.4 Å². The average Bonchev–Trinajstić information content (AvgIpc) is 2.56. The molecule has 0 aromatic heterocycles. The van der Waals surface area contributed by atoms with Crippen LogP contribution in [0.15, 0.2) is 11.3 Å². The highest BCUT2D eigenvalue weighted by molar-refractivity contribution is 6.53.